The summed E-state index contributed by atoms with van der Waals surface area (Å²) in [5.41, 5.74) is 5.69. The van der Waals surface area contributed by atoms with E-state index in [0.717, 1.165) is 4.88 Å². The summed E-state index contributed by atoms with van der Waals surface area (Å²) in [7, 11) is 0. The van der Waals surface area contributed by atoms with Gasteiger partial charge in [0.05, 0.1) is 12.2 Å². The fourth-order valence-electron chi connectivity index (χ4n) is 2.00. The van der Waals surface area contributed by atoms with Gasteiger partial charge in [0.25, 0.3) is 11.5 Å². The lowest BCUT2D eigenvalue weighted by atomic mass is 10.3. The van der Waals surface area contributed by atoms with Crippen LogP contribution >= 0.6 is 22.9 Å². The van der Waals surface area contributed by atoms with Gasteiger partial charge in [-0.1, -0.05) is 11.6 Å². The van der Waals surface area contributed by atoms with Crippen molar-refractivity contribution in [3.05, 3.63) is 45.0 Å². The van der Waals surface area contributed by atoms with E-state index in [9.17, 15) is 9.59 Å². The lowest BCUT2D eigenvalue weighted by molar-refractivity contribution is 0.0949. The number of aryl methyl sites for hydroxylation is 1. The molecule has 7 nitrogen and oxygen atoms in total. The average molecular weight is 354 g/mol. The van der Waals surface area contributed by atoms with Crippen LogP contribution in [0.15, 0.2) is 28.1 Å². The van der Waals surface area contributed by atoms with E-state index in [2.05, 4.69) is 15.3 Å². The summed E-state index contributed by atoms with van der Waals surface area (Å²) < 4.78 is 1.32. The number of thiazole rings is 1. The van der Waals surface area contributed by atoms with Crippen LogP contribution in [-0.4, -0.2) is 27.0 Å². The second kappa shape index (κ2) is 7.38. The number of aromatic nitrogens is 2. The van der Waals surface area contributed by atoms with E-state index in [1.165, 1.54) is 34.1 Å². The van der Waals surface area contributed by atoms with Crippen molar-refractivity contribution in [2.45, 2.75) is 20.4 Å². The zero-order valence-electron chi connectivity index (χ0n) is 12.7. The number of nitrogens with one attached hydrogen (secondary N) is 1. The van der Waals surface area contributed by atoms with Crippen molar-refractivity contribution in [2.24, 2.45) is 10.7 Å². The Morgan fingerprint density at radius 1 is 1.61 bits per heavy atom. The third-order valence-corrected chi connectivity index (χ3v) is 4.12. The molecular formula is C14H16ClN5O2S. The Morgan fingerprint density at radius 3 is 3.00 bits per heavy atom. The van der Waals surface area contributed by atoms with Gasteiger partial charge in [-0.25, -0.2) is 9.38 Å². The molecule has 0 atom stereocenters. The third-order valence-electron chi connectivity index (χ3n) is 2.92. The van der Waals surface area contributed by atoms with Crippen molar-refractivity contribution < 1.29 is 4.79 Å². The van der Waals surface area contributed by atoms with Crippen molar-refractivity contribution in [2.75, 3.05) is 6.54 Å². The molecule has 122 valence electrons. The maximum atomic E-state index is 12.3. The monoisotopic (exact) mass is 353 g/mol. The number of hydrogen-bond acceptors (Lipinski definition) is 6. The van der Waals surface area contributed by atoms with Gasteiger partial charge in [0, 0.05) is 17.5 Å². The minimum absolute atomic E-state index is 0.155. The fraction of sp³-hybridized carbons (Fsp3) is 0.286. The third kappa shape index (κ3) is 3.77. The molecule has 0 aliphatic carbocycles. The summed E-state index contributed by atoms with van der Waals surface area (Å²) in [6.45, 7) is 4.24. The normalized spacial score (nSPS) is 12.2. The van der Waals surface area contributed by atoms with Crippen LogP contribution in [0.5, 0.6) is 0 Å². The number of rotatable bonds is 5. The van der Waals surface area contributed by atoms with Crippen LogP contribution in [0.3, 0.4) is 0 Å². The molecular weight excluding hydrogens is 338 g/mol. The van der Waals surface area contributed by atoms with Gasteiger partial charge in [0.2, 0.25) is 0 Å². The molecule has 23 heavy (non-hydrogen) atoms. The number of halogens is 1. The second-order valence-corrected chi connectivity index (χ2v) is 6.14. The standard InChI is InChI=1S/C14H16ClN5O2S/c1-3-17-13(22)12-8(2)23-14-19-9(6-11(21)20(12)14)7-18-10(15)4-5-16/h4-6H,3,7,16H2,1-2H3,(H,17,22). The van der Waals surface area contributed by atoms with Gasteiger partial charge in [-0.05, 0) is 26.1 Å². The summed E-state index contributed by atoms with van der Waals surface area (Å²) in [6.07, 6.45) is 2.72. The molecule has 0 fully saturated rings. The van der Waals surface area contributed by atoms with Crippen LogP contribution in [0, 0.1) is 6.92 Å². The van der Waals surface area contributed by atoms with E-state index in [0.29, 0.717) is 22.9 Å². The molecule has 0 unspecified atom stereocenters. The van der Waals surface area contributed by atoms with E-state index >= 15 is 0 Å². The first-order valence-corrected chi connectivity index (χ1v) is 8.05. The maximum Gasteiger partial charge on any atom is 0.269 e. The molecule has 3 N–H and O–H groups in total. The quantitative estimate of drug-likeness (QED) is 0.793. The summed E-state index contributed by atoms with van der Waals surface area (Å²) in [4.78, 5) is 34.1. The van der Waals surface area contributed by atoms with Crippen LogP contribution in [0.25, 0.3) is 4.96 Å². The predicted octanol–water partition coefficient (Wildman–Crippen LogP) is 1.42. The minimum atomic E-state index is -0.323. The molecule has 2 aromatic rings. The molecule has 0 saturated carbocycles. The van der Waals surface area contributed by atoms with E-state index in [1.807, 2.05) is 6.92 Å². The van der Waals surface area contributed by atoms with Crippen molar-refractivity contribution in [1.82, 2.24) is 14.7 Å². The minimum Gasteiger partial charge on any atom is -0.405 e. The summed E-state index contributed by atoms with van der Waals surface area (Å²) >= 11 is 7.10. The highest BCUT2D eigenvalue weighted by atomic mass is 35.5. The van der Waals surface area contributed by atoms with Crippen molar-refractivity contribution in [3.8, 4) is 0 Å². The molecule has 2 heterocycles. The molecule has 9 heteroatoms. The average Bonchev–Trinajstić information content (AvgIpc) is 2.82. The highest BCUT2D eigenvalue weighted by molar-refractivity contribution is 7.17. The highest BCUT2D eigenvalue weighted by Crippen LogP contribution is 2.20. The SMILES string of the molecule is CCNC(=O)c1c(C)sc2nc(CN=C(Cl)C=CN)cc(=O)n12. The Kier molecular flexibility index (Phi) is 5.51. The van der Waals surface area contributed by atoms with E-state index in [-0.39, 0.29) is 23.2 Å². The van der Waals surface area contributed by atoms with Gasteiger partial charge >= 0.3 is 0 Å². The Hall–Kier alpha value is -2.19. The van der Waals surface area contributed by atoms with Crippen LogP contribution in [0.1, 0.15) is 28.0 Å². The van der Waals surface area contributed by atoms with Gasteiger partial charge in [-0.2, -0.15) is 0 Å². The van der Waals surface area contributed by atoms with Gasteiger partial charge in [-0.3, -0.25) is 14.6 Å². The largest absolute Gasteiger partial charge is 0.405 e. The Labute approximate surface area is 141 Å². The first-order valence-electron chi connectivity index (χ1n) is 6.86. The fourth-order valence-corrected chi connectivity index (χ4v) is 3.12. The smallest absolute Gasteiger partial charge is 0.269 e. The molecule has 2 aromatic heterocycles. The van der Waals surface area contributed by atoms with Gasteiger partial charge in [0.15, 0.2) is 4.96 Å². The number of nitrogens with zero attached hydrogens (tertiary/aromatic N) is 3. The summed E-state index contributed by atoms with van der Waals surface area (Å²) in [5, 5.41) is 2.92. The number of allylic oxidation sites excluding steroid dienone is 1. The summed E-state index contributed by atoms with van der Waals surface area (Å²) in [5.74, 6) is -0.290. The van der Waals surface area contributed by atoms with E-state index < -0.39 is 0 Å². The lowest BCUT2D eigenvalue weighted by Crippen LogP contribution is -2.28. The van der Waals surface area contributed by atoms with Crippen molar-refractivity contribution in [3.63, 3.8) is 0 Å². The maximum absolute atomic E-state index is 12.3. The van der Waals surface area contributed by atoms with Gasteiger partial charge < -0.3 is 11.1 Å². The molecule has 0 spiro atoms. The molecule has 1 amide bonds. The molecule has 0 radical (unpaired) electrons. The molecule has 2 rings (SSSR count). The molecule has 0 aliphatic rings. The Morgan fingerprint density at radius 2 is 2.35 bits per heavy atom. The topological polar surface area (TPSA) is 102 Å². The molecule has 0 aliphatic heterocycles. The number of nitrogens with two attached hydrogens (primary N) is 1. The van der Waals surface area contributed by atoms with Crippen LogP contribution < -0.4 is 16.6 Å². The second-order valence-electron chi connectivity index (χ2n) is 4.57. The number of hydrogen-bond donors (Lipinski definition) is 2. The van der Waals surface area contributed by atoms with Crippen LogP contribution in [-0.2, 0) is 6.54 Å². The zero-order valence-corrected chi connectivity index (χ0v) is 14.2. The first kappa shape index (κ1) is 17.2. The molecule has 0 aromatic carbocycles. The number of aliphatic imine (C=N–C) groups is 1. The Balaban J connectivity index is 2.46. The number of carbonyl (C=O) groups excluding carboxylic acids is 1. The van der Waals surface area contributed by atoms with Crippen molar-refractivity contribution >= 4 is 39.0 Å². The highest BCUT2D eigenvalue weighted by Gasteiger charge is 2.18. The predicted molar refractivity (Wildman–Crippen MR) is 92.4 cm³/mol. The van der Waals surface area contributed by atoms with E-state index in [1.54, 1.807) is 6.92 Å². The van der Waals surface area contributed by atoms with Gasteiger partial charge in [-0.15, -0.1) is 11.3 Å². The number of carbonyl (C=O) groups is 1. The van der Waals surface area contributed by atoms with Crippen molar-refractivity contribution in [1.29, 1.82) is 0 Å². The Bertz CT molecular complexity index is 853. The molecule has 0 saturated heterocycles. The zero-order chi connectivity index (χ0) is 17.0. The molecule has 0 bridgehead atoms. The number of amides is 1. The number of fused-ring (bicyclic) bond motifs is 1. The van der Waals surface area contributed by atoms with Gasteiger partial charge in [0.1, 0.15) is 10.9 Å². The van der Waals surface area contributed by atoms with E-state index in [4.69, 9.17) is 17.3 Å². The first-order chi connectivity index (χ1) is 11.0. The lowest BCUT2D eigenvalue weighted by Gasteiger charge is -2.03. The van der Waals surface area contributed by atoms with Crippen LogP contribution in [0.2, 0.25) is 0 Å². The van der Waals surface area contributed by atoms with Crippen LogP contribution in [0.4, 0.5) is 0 Å². The summed E-state index contributed by atoms with van der Waals surface area (Å²) in [6, 6.07) is 1.35.